The van der Waals surface area contributed by atoms with Gasteiger partial charge in [0.1, 0.15) is 0 Å². The molecule has 2 N–H and O–H groups in total. The quantitative estimate of drug-likeness (QED) is 0.859. The minimum Gasteiger partial charge on any atom is -0.392 e. The van der Waals surface area contributed by atoms with Crippen molar-refractivity contribution in [2.24, 2.45) is 0 Å². The normalized spacial score (nSPS) is 13.6. The first-order valence-electron chi connectivity index (χ1n) is 4.89. The van der Waals surface area contributed by atoms with Crippen molar-refractivity contribution in [2.45, 2.75) is 18.8 Å². The highest BCUT2D eigenvalue weighted by Crippen LogP contribution is 2.22. The molecule has 0 fully saturated rings. The molecule has 0 heterocycles. The highest BCUT2D eigenvalue weighted by molar-refractivity contribution is 9.10. The lowest BCUT2D eigenvalue weighted by molar-refractivity contribution is 0.198. The summed E-state index contributed by atoms with van der Waals surface area (Å²) < 4.78 is 26.3. The van der Waals surface area contributed by atoms with Crippen LogP contribution in [0.3, 0.4) is 0 Å². The third-order valence-electron chi connectivity index (χ3n) is 1.96. The smallest absolute Gasteiger partial charge is 0.215 e. The number of hydrogen-bond acceptors (Lipinski definition) is 3. The van der Waals surface area contributed by atoms with E-state index in [9.17, 15) is 8.42 Å². The minimum absolute atomic E-state index is 0.00748. The van der Waals surface area contributed by atoms with Gasteiger partial charge >= 0.3 is 0 Å². The van der Waals surface area contributed by atoms with E-state index in [0.29, 0.717) is 15.1 Å². The monoisotopic (exact) mass is 341 g/mol. The van der Waals surface area contributed by atoms with Gasteiger partial charge < -0.3 is 5.11 Å². The van der Waals surface area contributed by atoms with Gasteiger partial charge in [-0.25, -0.2) is 13.1 Å². The van der Waals surface area contributed by atoms with E-state index in [1.807, 2.05) is 0 Å². The van der Waals surface area contributed by atoms with E-state index in [4.69, 9.17) is 16.7 Å². The zero-order valence-corrected chi connectivity index (χ0v) is 12.3. The summed E-state index contributed by atoms with van der Waals surface area (Å²) in [5, 5.41) is 9.56. The Hall–Kier alpha value is -0.140. The summed E-state index contributed by atoms with van der Waals surface area (Å²) in [6.45, 7) is 1.52. The maximum atomic E-state index is 11.7. The first-order chi connectivity index (χ1) is 7.80. The highest BCUT2D eigenvalue weighted by atomic mass is 79.9. The molecule has 1 aromatic rings. The average molecular weight is 343 g/mol. The molecule has 0 aliphatic heterocycles. The molecule has 96 valence electrons. The van der Waals surface area contributed by atoms with Crippen LogP contribution in [0.15, 0.2) is 22.7 Å². The maximum absolute atomic E-state index is 11.7. The Labute approximate surface area is 114 Å². The van der Waals surface area contributed by atoms with Crippen molar-refractivity contribution >= 4 is 37.6 Å². The van der Waals surface area contributed by atoms with Gasteiger partial charge in [-0.1, -0.05) is 33.6 Å². The van der Waals surface area contributed by atoms with Crippen molar-refractivity contribution < 1.29 is 13.5 Å². The number of aliphatic hydroxyl groups excluding tert-OH is 1. The van der Waals surface area contributed by atoms with E-state index in [0.717, 1.165) is 0 Å². The highest BCUT2D eigenvalue weighted by Gasteiger charge is 2.14. The fourth-order valence-corrected chi connectivity index (χ4v) is 3.41. The van der Waals surface area contributed by atoms with Crippen molar-refractivity contribution in [1.29, 1.82) is 0 Å². The molecule has 0 bridgehead atoms. The average Bonchev–Trinajstić information content (AvgIpc) is 2.20. The van der Waals surface area contributed by atoms with E-state index in [-0.39, 0.29) is 12.3 Å². The van der Waals surface area contributed by atoms with Crippen LogP contribution in [-0.2, 0) is 15.8 Å². The standard InChI is InChI=1S/C10H13BrClNO3S/c1-7(14)5-13-17(15,16)6-8-2-3-9(12)4-10(8)11/h2-4,7,13-14H,5-6H2,1H3. The van der Waals surface area contributed by atoms with Crippen molar-refractivity contribution in [3.05, 3.63) is 33.3 Å². The lowest BCUT2D eigenvalue weighted by atomic mass is 10.2. The summed E-state index contributed by atoms with van der Waals surface area (Å²) in [7, 11) is -3.45. The second kappa shape index (κ2) is 6.15. The zero-order chi connectivity index (χ0) is 13.1. The second-order valence-electron chi connectivity index (χ2n) is 3.69. The summed E-state index contributed by atoms with van der Waals surface area (Å²) in [6.07, 6.45) is -0.710. The summed E-state index contributed by atoms with van der Waals surface area (Å²) >= 11 is 9.02. The molecular weight excluding hydrogens is 330 g/mol. The van der Waals surface area contributed by atoms with Crippen LogP contribution in [0.4, 0.5) is 0 Å². The number of rotatable bonds is 5. The molecule has 4 nitrogen and oxygen atoms in total. The SMILES string of the molecule is CC(O)CNS(=O)(=O)Cc1ccc(Cl)cc1Br. The Balaban J connectivity index is 2.76. The first-order valence-corrected chi connectivity index (χ1v) is 7.72. The number of benzene rings is 1. The Bertz CT molecular complexity index is 490. The maximum Gasteiger partial charge on any atom is 0.215 e. The van der Waals surface area contributed by atoms with Crippen molar-refractivity contribution in [2.75, 3.05) is 6.54 Å². The molecule has 0 aliphatic rings. The molecule has 0 amide bonds. The fourth-order valence-electron chi connectivity index (χ4n) is 1.14. The Morgan fingerprint density at radius 1 is 1.53 bits per heavy atom. The molecule has 1 aromatic carbocycles. The van der Waals surface area contributed by atoms with Crippen LogP contribution in [0, 0.1) is 0 Å². The van der Waals surface area contributed by atoms with Crippen molar-refractivity contribution in [3.8, 4) is 0 Å². The molecular formula is C10H13BrClNO3S. The van der Waals surface area contributed by atoms with E-state index >= 15 is 0 Å². The van der Waals surface area contributed by atoms with E-state index in [1.165, 1.54) is 6.92 Å². The van der Waals surface area contributed by atoms with Gasteiger partial charge in [-0.05, 0) is 24.6 Å². The summed E-state index contributed by atoms with van der Waals surface area (Å²) in [4.78, 5) is 0. The van der Waals surface area contributed by atoms with Crippen molar-refractivity contribution in [3.63, 3.8) is 0 Å². The van der Waals surface area contributed by atoms with Gasteiger partial charge in [0.25, 0.3) is 0 Å². The van der Waals surface area contributed by atoms with Crippen LogP contribution in [-0.4, -0.2) is 26.2 Å². The third kappa shape index (κ3) is 5.35. The van der Waals surface area contributed by atoms with Gasteiger partial charge in [0, 0.05) is 16.0 Å². The van der Waals surface area contributed by atoms with Gasteiger partial charge in [-0.2, -0.15) is 0 Å². The number of sulfonamides is 1. The molecule has 0 aromatic heterocycles. The molecule has 0 radical (unpaired) electrons. The lowest BCUT2D eigenvalue weighted by Crippen LogP contribution is -2.31. The predicted molar refractivity (Wildman–Crippen MR) is 71.5 cm³/mol. The van der Waals surface area contributed by atoms with Gasteiger partial charge in [0.2, 0.25) is 10.0 Å². The van der Waals surface area contributed by atoms with Crippen LogP contribution in [0.25, 0.3) is 0 Å². The predicted octanol–water partition coefficient (Wildman–Crippen LogP) is 1.90. The van der Waals surface area contributed by atoms with Crippen molar-refractivity contribution in [1.82, 2.24) is 4.72 Å². The molecule has 1 unspecified atom stereocenters. The number of aliphatic hydroxyl groups is 1. The Morgan fingerprint density at radius 3 is 2.71 bits per heavy atom. The van der Waals surface area contributed by atoms with Crippen LogP contribution in [0.5, 0.6) is 0 Å². The number of nitrogens with one attached hydrogen (secondary N) is 1. The molecule has 1 rings (SSSR count). The molecule has 0 aliphatic carbocycles. The summed E-state index contributed by atoms with van der Waals surface area (Å²) in [5.74, 6) is -0.155. The molecule has 0 saturated carbocycles. The van der Waals surface area contributed by atoms with Crippen LogP contribution in [0.2, 0.25) is 5.02 Å². The lowest BCUT2D eigenvalue weighted by Gasteiger charge is -2.09. The molecule has 1 atom stereocenters. The topological polar surface area (TPSA) is 66.4 Å². The zero-order valence-electron chi connectivity index (χ0n) is 9.15. The summed E-state index contributed by atoms with van der Waals surface area (Å²) in [5.41, 5.74) is 0.618. The largest absolute Gasteiger partial charge is 0.392 e. The summed E-state index contributed by atoms with van der Waals surface area (Å²) in [6, 6.07) is 4.92. The van der Waals surface area contributed by atoms with Crippen LogP contribution >= 0.6 is 27.5 Å². The Morgan fingerprint density at radius 2 is 2.18 bits per heavy atom. The Kier molecular flexibility index (Phi) is 5.40. The van der Waals surface area contributed by atoms with Crippen LogP contribution < -0.4 is 4.72 Å². The first kappa shape index (κ1) is 14.9. The fraction of sp³-hybridized carbons (Fsp3) is 0.400. The van der Waals surface area contributed by atoms with E-state index < -0.39 is 16.1 Å². The van der Waals surface area contributed by atoms with Crippen LogP contribution in [0.1, 0.15) is 12.5 Å². The molecule has 7 heteroatoms. The van der Waals surface area contributed by atoms with Gasteiger partial charge in [0.15, 0.2) is 0 Å². The van der Waals surface area contributed by atoms with E-state index in [1.54, 1.807) is 18.2 Å². The number of halogens is 2. The third-order valence-corrected chi connectivity index (χ3v) is 4.23. The van der Waals surface area contributed by atoms with Gasteiger partial charge in [-0.15, -0.1) is 0 Å². The minimum atomic E-state index is -3.45. The second-order valence-corrected chi connectivity index (χ2v) is 6.79. The van der Waals surface area contributed by atoms with E-state index in [2.05, 4.69) is 20.7 Å². The molecule has 0 saturated heterocycles. The molecule has 17 heavy (non-hydrogen) atoms. The number of hydrogen-bond donors (Lipinski definition) is 2. The molecule has 0 spiro atoms. The van der Waals surface area contributed by atoms with Gasteiger partial charge in [-0.3, -0.25) is 0 Å². The van der Waals surface area contributed by atoms with Gasteiger partial charge in [0.05, 0.1) is 11.9 Å².